The predicted octanol–water partition coefficient (Wildman–Crippen LogP) is 5.24. The van der Waals surface area contributed by atoms with Crippen LogP contribution in [-0.2, 0) is 14.3 Å². The van der Waals surface area contributed by atoms with E-state index in [2.05, 4.69) is 0 Å². The van der Waals surface area contributed by atoms with Crippen molar-refractivity contribution < 1.29 is 14.3 Å². The minimum absolute atomic E-state index is 0.106. The van der Waals surface area contributed by atoms with Crippen LogP contribution in [0.4, 0.5) is 0 Å². The predicted molar refractivity (Wildman–Crippen MR) is 92.2 cm³/mol. The van der Waals surface area contributed by atoms with Crippen molar-refractivity contribution in [3.63, 3.8) is 0 Å². The Morgan fingerprint density at radius 3 is 1.35 bits per heavy atom. The number of ether oxygens (including phenoxy) is 1. The average molecular weight is 400 g/mol. The molecule has 0 aromatic carbocycles. The Kier molecular flexibility index (Phi) is 5.20. The highest BCUT2D eigenvalue weighted by Crippen LogP contribution is 2.62. The van der Waals surface area contributed by atoms with Gasteiger partial charge in [0, 0.05) is 0 Å². The first kappa shape index (κ1) is 19.1. The van der Waals surface area contributed by atoms with E-state index < -0.39 is 23.8 Å². The van der Waals surface area contributed by atoms with E-state index in [1.54, 1.807) is 12.2 Å². The molecule has 0 aromatic heterocycles. The molecule has 7 heteroatoms. The first-order valence-corrected chi connectivity index (χ1v) is 8.73. The van der Waals surface area contributed by atoms with E-state index in [1.807, 2.05) is 27.7 Å². The summed E-state index contributed by atoms with van der Waals surface area (Å²) in [5.41, 5.74) is -0.658. The van der Waals surface area contributed by atoms with Gasteiger partial charge in [-0.25, -0.2) is 0 Å². The molecule has 0 spiro atoms. The first-order chi connectivity index (χ1) is 10.4. The van der Waals surface area contributed by atoms with Crippen LogP contribution in [0.5, 0.6) is 0 Å². The summed E-state index contributed by atoms with van der Waals surface area (Å²) in [4.78, 5) is 24.5. The normalized spacial score (nSPS) is 32.5. The number of halogens is 4. The van der Waals surface area contributed by atoms with Gasteiger partial charge in [0.2, 0.25) is 0 Å². The molecular formula is C16H18Cl4O3. The van der Waals surface area contributed by atoms with E-state index in [4.69, 9.17) is 51.1 Å². The van der Waals surface area contributed by atoms with Gasteiger partial charge in [-0.05, 0) is 34.8 Å². The number of carbonyl (C=O) groups excluding carboxylic acids is 2. The van der Waals surface area contributed by atoms with Gasteiger partial charge in [0.05, 0.1) is 11.8 Å². The Bertz CT molecular complexity index is 546. The van der Waals surface area contributed by atoms with Crippen molar-refractivity contribution in [2.45, 2.75) is 27.7 Å². The van der Waals surface area contributed by atoms with Crippen molar-refractivity contribution >= 4 is 58.3 Å². The summed E-state index contributed by atoms with van der Waals surface area (Å²) in [6.07, 6.45) is 3.22. The summed E-state index contributed by atoms with van der Waals surface area (Å²) >= 11 is 22.6. The lowest BCUT2D eigenvalue weighted by Gasteiger charge is -2.05. The monoisotopic (exact) mass is 398 g/mol. The van der Waals surface area contributed by atoms with Crippen LogP contribution in [0.2, 0.25) is 0 Å². The average Bonchev–Trinajstić information content (AvgIpc) is 3.08. The highest BCUT2D eigenvalue weighted by molar-refractivity contribution is 6.56. The lowest BCUT2D eigenvalue weighted by molar-refractivity contribution is -0.162. The fraction of sp³-hybridized carbons (Fsp3) is 0.625. The summed E-state index contributed by atoms with van der Waals surface area (Å²) < 4.78 is 5.30. The van der Waals surface area contributed by atoms with Gasteiger partial charge in [-0.15, -0.1) is 0 Å². The van der Waals surface area contributed by atoms with Crippen LogP contribution < -0.4 is 0 Å². The number of carbonyl (C=O) groups is 2. The topological polar surface area (TPSA) is 43.4 Å². The van der Waals surface area contributed by atoms with Crippen LogP contribution in [0.3, 0.4) is 0 Å². The van der Waals surface area contributed by atoms with Gasteiger partial charge >= 0.3 is 11.9 Å². The zero-order valence-electron chi connectivity index (χ0n) is 13.2. The molecule has 0 aliphatic heterocycles. The first-order valence-electron chi connectivity index (χ1n) is 7.22. The van der Waals surface area contributed by atoms with Crippen LogP contribution in [-0.4, -0.2) is 11.9 Å². The second kappa shape index (κ2) is 6.25. The van der Waals surface area contributed by atoms with Crippen molar-refractivity contribution in [2.75, 3.05) is 0 Å². The number of hydrogen-bond acceptors (Lipinski definition) is 3. The van der Waals surface area contributed by atoms with Crippen LogP contribution in [0, 0.1) is 34.5 Å². The minimum Gasteiger partial charge on any atom is -0.393 e. The molecule has 4 atom stereocenters. The number of allylic oxidation sites excluding steroid dienone is 2. The van der Waals surface area contributed by atoms with Gasteiger partial charge in [0.15, 0.2) is 0 Å². The Hall–Kier alpha value is -0.220. The Morgan fingerprint density at radius 1 is 0.783 bits per heavy atom. The summed E-state index contributed by atoms with van der Waals surface area (Å²) in [6.45, 7) is 7.62. The molecule has 0 aromatic rings. The van der Waals surface area contributed by atoms with Crippen molar-refractivity contribution in [1.29, 1.82) is 0 Å². The van der Waals surface area contributed by atoms with Crippen LogP contribution >= 0.6 is 46.4 Å². The molecule has 0 unspecified atom stereocenters. The molecule has 0 amide bonds. The van der Waals surface area contributed by atoms with Crippen molar-refractivity contribution in [2.24, 2.45) is 34.5 Å². The molecular weight excluding hydrogens is 382 g/mol. The second-order valence-electron chi connectivity index (χ2n) is 7.30. The maximum atomic E-state index is 12.3. The molecule has 2 saturated carbocycles. The molecule has 0 heterocycles. The Labute approximate surface area is 155 Å². The second-order valence-corrected chi connectivity index (χ2v) is 9.32. The summed E-state index contributed by atoms with van der Waals surface area (Å²) in [7, 11) is 0. The van der Waals surface area contributed by atoms with E-state index in [9.17, 15) is 9.59 Å². The Morgan fingerprint density at radius 2 is 1.09 bits per heavy atom. The van der Waals surface area contributed by atoms with Gasteiger partial charge < -0.3 is 4.74 Å². The third-order valence-electron chi connectivity index (χ3n) is 5.14. The van der Waals surface area contributed by atoms with Crippen molar-refractivity contribution in [3.8, 4) is 0 Å². The van der Waals surface area contributed by atoms with E-state index in [0.29, 0.717) is 0 Å². The zero-order chi connectivity index (χ0) is 17.7. The molecule has 0 N–H and O–H groups in total. The third kappa shape index (κ3) is 3.73. The smallest absolute Gasteiger partial charge is 0.317 e. The molecule has 128 valence electrons. The number of esters is 2. The molecule has 2 aliphatic carbocycles. The van der Waals surface area contributed by atoms with Gasteiger partial charge in [-0.3, -0.25) is 9.59 Å². The molecule has 2 rings (SSSR count). The Balaban J connectivity index is 2.01. The van der Waals surface area contributed by atoms with Gasteiger partial charge in [-0.2, -0.15) is 0 Å². The fourth-order valence-corrected chi connectivity index (χ4v) is 3.92. The molecule has 2 fully saturated rings. The SMILES string of the molecule is CC1(C)[C@H](C(=O)OC(=O)[C@H]2[C@@H](C=C(Cl)Cl)C2(C)C)[C@@H]1C=C(Cl)Cl. The van der Waals surface area contributed by atoms with Gasteiger partial charge in [0.25, 0.3) is 0 Å². The molecule has 0 saturated heterocycles. The quantitative estimate of drug-likeness (QED) is 0.479. The minimum atomic E-state index is -0.543. The van der Waals surface area contributed by atoms with Gasteiger partial charge in [-0.1, -0.05) is 74.1 Å². The lowest BCUT2D eigenvalue weighted by atomic mass is 10.1. The molecule has 0 radical (unpaired) electrons. The third-order valence-corrected chi connectivity index (χ3v) is 5.65. The van der Waals surface area contributed by atoms with E-state index in [1.165, 1.54) is 0 Å². The summed E-state index contributed by atoms with van der Waals surface area (Å²) in [6, 6.07) is 0. The number of hydrogen-bond donors (Lipinski definition) is 0. The van der Waals surface area contributed by atoms with Crippen molar-refractivity contribution in [3.05, 3.63) is 21.1 Å². The maximum absolute atomic E-state index is 12.3. The van der Waals surface area contributed by atoms with Crippen LogP contribution in [0.1, 0.15) is 27.7 Å². The molecule has 2 aliphatic rings. The lowest BCUT2D eigenvalue weighted by Crippen LogP contribution is -2.19. The van der Waals surface area contributed by atoms with E-state index in [0.717, 1.165) is 0 Å². The molecule has 0 bridgehead atoms. The van der Waals surface area contributed by atoms with Gasteiger partial charge in [0.1, 0.15) is 8.98 Å². The number of rotatable bonds is 4. The largest absolute Gasteiger partial charge is 0.393 e. The summed E-state index contributed by atoms with van der Waals surface area (Å²) in [5, 5.41) is 0. The standard InChI is InChI=1S/C16H18Cl4O3/c1-15(2)7(5-9(17)18)11(15)13(21)23-14(22)12-8(6-10(19)20)16(12,3)4/h5-8,11-12H,1-4H3/t7-,8+,11-,12+. The van der Waals surface area contributed by atoms with Crippen molar-refractivity contribution in [1.82, 2.24) is 0 Å². The molecule has 3 nitrogen and oxygen atoms in total. The highest BCUT2D eigenvalue weighted by Gasteiger charge is 2.65. The molecule has 23 heavy (non-hydrogen) atoms. The highest BCUT2D eigenvalue weighted by atomic mass is 35.5. The van der Waals surface area contributed by atoms with E-state index in [-0.39, 0.29) is 31.6 Å². The van der Waals surface area contributed by atoms with Crippen LogP contribution in [0.25, 0.3) is 0 Å². The van der Waals surface area contributed by atoms with Crippen LogP contribution in [0.15, 0.2) is 21.1 Å². The zero-order valence-corrected chi connectivity index (χ0v) is 16.2. The maximum Gasteiger partial charge on any atom is 0.317 e. The van der Waals surface area contributed by atoms with E-state index >= 15 is 0 Å². The fourth-order valence-electron chi connectivity index (χ4n) is 3.38. The summed E-state index contributed by atoms with van der Waals surface area (Å²) in [5.74, 6) is -2.20.